The Hall–Kier alpha value is -2.09. The zero-order chi connectivity index (χ0) is 13.9. The van der Waals surface area contributed by atoms with Gasteiger partial charge in [0.1, 0.15) is 11.1 Å². The summed E-state index contributed by atoms with van der Waals surface area (Å²) in [6.45, 7) is 0. The number of thiocarbonyl (C=S) groups is 1. The molecule has 0 bridgehead atoms. The fourth-order valence-corrected chi connectivity index (χ4v) is 3.18. The lowest BCUT2D eigenvalue weighted by Gasteiger charge is -2.17. The van der Waals surface area contributed by atoms with E-state index in [2.05, 4.69) is 11.1 Å². The Labute approximate surface area is 126 Å². The third-order valence-corrected chi connectivity index (χ3v) is 4.35. The van der Waals surface area contributed by atoms with E-state index in [1.165, 1.54) is 0 Å². The maximum Gasteiger partial charge on any atom is 0.144 e. The van der Waals surface area contributed by atoms with E-state index < -0.39 is 0 Å². The zero-order valence-electron chi connectivity index (χ0n) is 10.5. The minimum atomic E-state index is 0.390. The minimum Gasteiger partial charge on any atom is -0.239 e. The predicted molar refractivity (Wildman–Crippen MR) is 87.0 cm³/mol. The quantitative estimate of drug-likeness (QED) is 0.776. The SMILES string of the molecule is N#CC1=C(c2ccccc2)CC(c2cccs2)=NC1=S. The number of nitrogens with zero attached hydrogens (tertiary/aromatic N) is 2. The summed E-state index contributed by atoms with van der Waals surface area (Å²) in [4.78, 5) is 5.93. The fourth-order valence-electron chi connectivity index (χ4n) is 2.19. The highest BCUT2D eigenvalue weighted by Crippen LogP contribution is 2.30. The van der Waals surface area contributed by atoms with Crippen molar-refractivity contribution in [3.63, 3.8) is 0 Å². The maximum absolute atomic E-state index is 9.35. The van der Waals surface area contributed by atoms with Crippen molar-refractivity contribution in [1.82, 2.24) is 0 Å². The van der Waals surface area contributed by atoms with Crippen LogP contribution in [0, 0.1) is 11.3 Å². The standard InChI is InChI=1S/C16H10N2S2/c17-10-13-12(11-5-2-1-3-6-11)9-14(18-16(13)19)15-7-4-8-20-15/h1-8H,9H2. The Kier molecular flexibility index (Phi) is 3.55. The molecule has 96 valence electrons. The van der Waals surface area contributed by atoms with Crippen LogP contribution in [0.3, 0.4) is 0 Å². The smallest absolute Gasteiger partial charge is 0.144 e. The third kappa shape index (κ3) is 2.34. The molecule has 0 amide bonds. The van der Waals surface area contributed by atoms with E-state index in [-0.39, 0.29) is 0 Å². The Morgan fingerprint density at radius 1 is 1.15 bits per heavy atom. The largest absolute Gasteiger partial charge is 0.239 e. The second-order valence-electron chi connectivity index (χ2n) is 4.35. The van der Waals surface area contributed by atoms with Gasteiger partial charge in [-0.3, -0.25) is 0 Å². The normalized spacial score (nSPS) is 14.9. The van der Waals surface area contributed by atoms with Crippen LogP contribution in [-0.4, -0.2) is 10.7 Å². The molecule has 2 nitrogen and oxygen atoms in total. The molecule has 2 heterocycles. The molecular formula is C16H10N2S2. The molecule has 0 aliphatic carbocycles. The number of nitriles is 1. The summed E-state index contributed by atoms with van der Waals surface area (Å²) in [6, 6.07) is 16.1. The van der Waals surface area contributed by atoms with Crippen LogP contribution in [0.4, 0.5) is 0 Å². The average molecular weight is 294 g/mol. The van der Waals surface area contributed by atoms with Crippen molar-refractivity contribution in [3.05, 3.63) is 63.9 Å². The van der Waals surface area contributed by atoms with Crippen LogP contribution in [0.5, 0.6) is 0 Å². The molecular weight excluding hydrogens is 284 g/mol. The Morgan fingerprint density at radius 3 is 2.60 bits per heavy atom. The van der Waals surface area contributed by atoms with Crippen molar-refractivity contribution >= 4 is 39.8 Å². The first kappa shape index (κ1) is 12.9. The molecule has 1 aliphatic rings. The van der Waals surface area contributed by atoms with Gasteiger partial charge in [-0.2, -0.15) is 5.26 Å². The molecule has 1 aromatic heterocycles. The lowest BCUT2D eigenvalue weighted by atomic mass is 9.92. The van der Waals surface area contributed by atoms with Gasteiger partial charge in [0.15, 0.2) is 0 Å². The zero-order valence-corrected chi connectivity index (χ0v) is 12.2. The van der Waals surface area contributed by atoms with Crippen molar-refractivity contribution in [2.24, 2.45) is 4.99 Å². The van der Waals surface area contributed by atoms with Gasteiger partial charge in [-0.25, -0.2) is 4.99 Å². The van der Waals surface area contributed by atoms with Gasteiger partial charge in [-0.15, -0.1) is 11.3 Å². The topological polar surface area (TPSA) is 36.1 Å². The van der Waals surface area contributed by atoms with Gasteiger partial charge in [0.2, 0.25) is 0 Å². The number of hydrogen-bond acceptors (Lipinski definition) is 3. The van der Waals surface area contributed by atoms with Crippen LogP contribution in [0.1, 0.15) is 16.9 Å². The van der Waals surface area contributed by atoms with Crippen LogP contribution < -0.4 is 0 Å². The van der Waals surface area contributed by atoms with Crippen LogP contribution in [-0.2, 0) is 0 Å². The van der Waals surface area contributed by atoms with Crippen molar-refractivity contribution in [2.45, 2.75) is 6.42 Å². The monoisotopic (exact) mass is 294 g/mol. The van der Waals surface area contributed by atoms with Crippen LogP contribution >= 0.6 is 23.6 Å². The number of aliphatic imine (C=N–C) groups is 1. The van der Waals surface area contributed by atoms with Crippen LogP contribution in [0.15, 0.2) is 58.4 Å². The number of dihydropyridines is 1. The highest BCUT2D eigenvalue weighted by atomic mass is 32.1. The second-order valence-corrected chi connectivity index (χ2v) is 5.68. The number of thiophene rings is 1. The van der Waals surface area contributed by atoms with Gasteiger partial charge >= 0.3 is 0 Å². The number of hydrogen-bond donors (Lipinski definition) is 0. The number of allylic oxidation sites excluding steroid dienone is 1. The first-order valence-corrected chi connectivity index (χ1v) is 7.43. The predicted octanol–water partition coefficient (Wildman–Crippen LogP) is 4.25. The molecule has 0 saturated carbocycles. The molecule has 1 aromatic carbocycles. The second kappa shape index (κ2) is 5.49. The van der Waals surface area contributed by atoms with Gasteiger partial charge in [-0.05, 0) is 22.6 Å². The molecule has 2 aromatic rings. The van der Waals surface area contributed by atoms with E-state index in [9.17, 15) is 5.26 Å². The lowest BCUT2D eigenvalue weighted by molar-refractivity contribution is 1.38. The molecule has 0 spiro atoms. The molecule has 0 saturated heterocycles. The maximum atomic E-state index is 9.35. The van der Waals surface area contributed by atoms with Gasteiger partial charge in [0.05, 0.1) is 11.3 Å². The Morgan fingerprint density at radius 2 is 1.95 bits per heavy atom. The molecule has 0 fully saturated rings. The third-order valence-electron chi connectivity index (χ3n) is 3.14. The van der Waals surface area contributed by atoms with Gasteiger partial charge in [0, 0.05) is 11.3 Å². The lowest BCUT2D eigenvalue weighted by Crippen LogP contribution is -2.13. The summed E-state index contributed by atoms with van der Waals surface area (Å²) in [5.74, 6) is 0. The van der Waals surface area contributed by atoms with Crippen LogP contribution in [0.25, 0.3) is 5.57 Å². The van der Waals surface area contributed by atoms with E-state index in [4.69, 9.17) is 12.2 Å². The number of benzene rings is 1. The first-order valence-electron chi connectivity index (χ1n) is 6.14. The average Bonchev–Trinajstić information content (AvgIpc) is 3.01. The van der Waals surface area contributed by atoms with Crippen molar-refractivity contribution in [1.29, 1.82) is 5.26 Å². The molecule has 0 N–H and O–H groups in total. The molecule has 20 heavy (non-hydrogen) atoms. The molecule has 3 rings (SSSR count). The van der Waals surface area contributed by atoms with Crippen molar-refractivity contribution < 1.29 is 0 Å². The highest BCUT2D eigenvalue weighted by Gasteiger charge is 2.22. The summed E-state index contributed by atoms with van der Waals surface area (Å²) < 4.78 is 0. The summed E-state index contributed by atoms with van der Waals surface area (Å²) in [5, 5.41) is 11.4. The van der Waals surface area contributed by atoms with E-state index >= 15 is 0 Å². The molecule has 1 aliphatic heterocycles. The Balaban J connectivity index is 2.07. The van der Waals surface area contributed by atoms with E-state index in [0.29, 0.717) is 17.0 Å². The van der Waals surface area contributed by atoms with Crippen molar-refractivity contribution in [3.8, 4) is 6.07 Å². The fraction of sp³-hybridized carbons (Fsp3) is 0.0625. The first-order chi connectivity index (χ1) is 9.79. The van der Waals surface area contributed by atoms with E-state index in [1.54, 1.807) is 11.3 Å². The molecule has 0 atom stereocenters. The van der Waals surface area contributed by atoms with E-state index in [1.807, 2.05) is 47.8 Å². The summed E-state index contributed by atoms with van der Waals surface area (Å²) in [5.41, 5.74) is 3.47. The molecule has 0 unspecified atom stereocenters. The summed E-state index contributed by atoms with van der Waals surface area (Å²) in [7, 11) is 0. The van der Waals surface area contributed by atoms with Gasteiger partial charge < -0.3 is 0 Å². The summed E-state index contributed by atoms with van der Waals surface area (Å²) >= 11 is 6.93. The molecule has 0 radical (unpaired) electrons. The summed E-state index contributed by atoms with van der Waals surface area (Å²) in [6.07, 6.45) is 0.646. The Bertz CT molecular complexity index is 748. The highest BCUT2D eigenvalue weighted by molar-refractivity contribution is 7.80. The van der Waals surface area contributed by atoms with Gasteiger partial charge in [0.25, 0.3) is 0 Å². The van der Waals surface area contributed by atoms with Crippen LogP contribution in [0.2, 0.25) is 0 Å². The minimum absolute atomic E-state index is 0.390. The number of rotatable bonds is 2. The molecule has 4 heteroatoms. The van der Waals surface area contributed by atoms with Gasteiger partial charge in [-0.1, -0.05) is 48.6 Å². The van der Waals surface area contributed by atoms with E-state index in [0.717, 1.165) is 21.7 Å². The van der Waals surface area contributed by atoms with Crippen molar-refractivity contribution in [2.75, 3.05) is 0 Å².